The van der Waals surface area contributed by atoms with Crippen molar-refractivity contribution in [2.75, 3.05) is 0 Å². The highest BCUT2D eigenvalue weighted by atomic mass is 16.5. The highest BCUT2D eigenvalue weighted by Gasteiger charge is 2.58. The van der Waals surface area contributed by atoms with Crippen LogP contribution >= 0.6 is 0 Å². The van der Waals surface area contributed by atoms with Crippen molar-refractivity contribution in [3.8, 4) is 0 Å². The molecule has 3 heteroatoms. The minimum absolute atomic E-state index is 0.116. The van der Waals surface area contributed by atoms with Gasteiger partial charge in [-0.2, -0.15) is 0 Å². The number of ether oxygens (including phenoxy) is 1. The van der Waals surface area contributed by atoms with Crippen LogP contribution in [-0.2, 0) is 14.3 Å². The van der Waals surface area contributed by atoms with Gasteiger partial charge >= 0.3 is 5.97 Å². The number of fused-ring (bicyclic) bond motifs is 5. The number of hydrogen-bond acceptors (Lipinski definition) is 3. The molecule has 0 unspecified atom stereocenters. The van der Waals surface area contributed by atoms with Gasteiger partial charge < -0.3 is 4.74 Å². The van der Waals surface area contributed by atoms with Gasteiger partial charge in [-0.1, -0.05) is 25.5 Å². The van der Waals surface area contributed by atoms with Crippen molar-refractivity contribution < 1.29 is 14.3 Å². The number of carbonyl (C=O) groups excluding carboxylic acids is 2. The molecule has 0 saturated heterocycles. The van der Waals surface area contributed by atoms with Crippen LogP contribution in [0.3, 0.4) is 0 Å². The molecule has 3 saturated carbocycles. The average Bonchev–Trinajstić information content (AvgIpc) is 2.92. The number of carbonyl (C=O) groups is 2. The van der Waals surface area contributed by atoms with Gasteiger partial charge in [-0.25, -0.2) is 0 Å². The number of allylic oxidation sites excluding steroid dienone is 2. The summed E-state index contributed by atoms with van der Waals surface area (Å²) in [5, 5.41) is 0. The maximum Gasteiger partial charge on any atom is 0.302 e. The predicted molar refractivity (Wildman–Crippen MR) is 101 cm³/mol. The number of Topliss-reactive ketones (excluding diaryl/α,β-unsaturated/α-hetero) is 1. The lowest BCUT2D eigenvalue weighted by Crippen LogP contribution is -2.49. The van der Waals surface area contributed by atoms with Crippen LogP contribution < -0.4 is 0 Å². The normalized spacial score (nSPS) is 47.2. The molecular weight excluding hydrogens is 324 g/mol. The summed E-state index contributed by atoms with van der Waals surface area (Å²) in [6.45, 7) is 8.18. The summed E-state index contributed by atoms with van der Waals surface area (Å²) in [6, 6.07) is 0. The van der Waals surface area contributed by atoms with E-state index in [-0.39, 0.29) is 28.8 Å². The molecule has 7 atom stereocenters. The SMILES string of the molecule is CC(=O)O[C@@H]1CC[C@]2(C)C3=CC[C@@]4(C)[C@H](CC[C@H]4C(C)=O)[C@@H]3CC[C@H]2C1. The van der Waals surface area contributed by atoms with Crippen LogP contribution in [0.25, 0.3) is 0 Å². The molecule has 26 heavy (non-hydrogen) atoms. The quantitative estimate of drug-likeness (QED) is 0.510. The Kier molecular flexibility index (Phi) is 4.36. The summed E-state index contributed by atoms with van der Waals surface area (Å²) in [5.41, 5.74) is 2.15. The van der Waals surface area contributed by atoms with Crippen LogP contribution in [0.1, 0.15) is 79.1 Å². The van der Waals surface area contributed by atoms with Crippen molar-refractivity contribution >= 4 is 11.8 Å². The topological polar surface area (TPSA) is 43.4 Å². The van der Waals surface area contributed by atoms with Crippen LogP contribution in [0.5, 0.6) is 0 Å². The lowest BCUT2D eigenvalue weighted by Gasteiger charge is -2.56. The molecule has 0 aliphatic heterocycles. The molecule has 0 bridgehead atoms. The van der Waals surface area contributed by atoms with Crippen LogP contribution in [0.15, 0.2) is 11.6 Å². The Morgan fingerprint density at radius 2 is 1.85 bits per heavy atom. The molecule has 4 rings (SSSR count). The second-order valence-electron chi connectivity index (χ2n) is 10.0. The summed E-state index contributed by atoms with van der Waals surface area (Å²) in [7, 11) is 0. The first-order valence-corrected chi connectivity index (χ1v) is 10.6. The van der Waals surface area contributed by atoms with Crippen LogP contribution in [0, 0.1) is 34.5 Å². The summed E-state index contributed by atoms with van der Waals surface area (Å²) in [5.74, 6) is 2.51. The Labute approximate surface area is 157 Å². The van der Waals surface area contributed by atoms with E-state index in [1.165, 1.54) is 26.2 Å². The van der Waals surface area contributed by atoms with Crippen molar-refractivity contribution in [3.05, 3.63) is 11.6 Å². The Morgan fingerprint density at radius 1 is 1.08 bits per heavy atom. The van der Waals surface area contributed by atoms with E-state index in [4.69, 9.17) is 4.74 Å². The molecule has 4 aliphatic rings. The third-order valence-corrected chi connectivity index (χ3v) is 8.80. The van der Waals surface area contributed by atoms with Crippen LogP contribution in [0.2, 0.25) is 0 Å². The lowest BCUT2D eigenvalue weighted by atomic mass is 9.48. The zero-order chi connectivity index (χ0) is 18.7. The molecule has 3 fully saturated rings. The molecule has 0 heterocycles. The Hall–Kier alpha value is -1.12. The Bertz CT molecular complexity index is 650. The van der Waals surface area contributed by atoms with Gasteiger partial charge in [0.05, 0.1) is 0 Å². The standard InChI is InChI=1S/C23H34O3/c1-14(24)19-7-8-20-18-6-5-16-13-17(26-15(2)25)9-11-22(16,3)21(18)10-12-23(19,20)4/h10,16-20H,5-9,11-13H2,1-4H3/t16-,17+,18-,19-,20+,22-,23+/m0/s1. The molecule has 0 amide bonds. The predicted octanol–water partition coefficient (Wildman–Crippen LogP) is 5.09. The van der Waals surface area contributed by atoms with Gasteiger partial charge in [-0.05, 0) is 86.9 Å². The fourth-order valence-corrected chi connectivity index (χ4v) is 7.50. The summed E-state index contributed by atoms with van der Waals surface area (Å²) in [4.78, 5) is 23.6. The summed E-state index contributed by atoms with van der Waals surface area (Å²) >= 11 is 0. The first-order chi connectivity index (χ1) is 12.3. The number of esters is 1. The van der Waals surface area contributed by atoms with Gasteiger partial charge in [-0.3, -0.25) is 9.59 Å². The van der Waals surface area contributed by atoms with Crippen molar-refractivity contribution in [3.63, 3.8) is 0 Å². The fourth-order valence-electron chi connectivity index (χ4n) is 7.50. The van der Waals surface area contributed by atoms with E-state index in [1.54, 1.807) is 12.5 Å². The highest BCUT2D eigenvalue weighted by molar-refractivity contribution is 5.79. The third-order valence-electron chi connectivity index (χ3n) is 8.80. The number of rotatable bonds is 2. The van der Waals surface area contributed by atoms with Gasteiger partial charge in [0.1, 0.15) is 11.9 Å². The molecule has 144 valence electrons. The van der Waals surface area contributed by atoms with E-state index in [0.29, 0.717) is 23.5 Å². The maximum atomic E-state index is 12.2. The molecule has 0 N–H and O–H groups in total. The van der Waals surface area contributed by atoms with Gasteiger partial charge in [-0.15, -0.1) is 0 Å². The smallest absolute Gasteiger partial charge is 0.302 e. The van der Waals surface area contributed by atoms with E-state index >= 15 is 0 Å². The zero-order valence-corrected chi connectivity index (χ0v) is 16.8. The van der Waals surface area contributed by atoms with Gasteiger partial charge in [0.25, 0.3) is 0 Å². The molecule has 4 aliphatic carbocycles. The molecule has 0 aromatic heterocycles. The lowest BCUT2D eigenvalue weighted by molar-refractivity contribution is -0.151. The molecule has 0 aromatic rings. The second kappa shape index (κ2) is 6.21. The number of ketones is 1. The minimum atomic E-state index is -0.138. The van der Waals surface area contributed by atoms with Crippen molar-refractivity contribution in [1.29, 1.82) is 0 Å². The van der Waals surface area contributed by atoms with E-state index in [0.717, 1.165) is 32.1 Å². The van der Waals surface area contributed by atoms with Crippen LogP contribution in [-0.4, -0.2) is 17.9 Å². The first-order valence-electron chi connectivity index (χ1n) is 10.6. The fraction of sp³-hybridized carbons (Fsp3) is 0.826. The van der Waals surface area contributed by atoms with Gasteiger partial charge in [0.2, 0.25) is 0 Å². The molecular formula is C23H34O3. The van der Waals surface area contributed by atoms with E-state index in [2.05, 4.69) is 19.9 Å². The van der Waals surface area contributed by atoms with Crippen LogP contribution in [0.4, 0.5) is 0 Å². The third kappa shape index (κ3) is 2.60. The van der Waals surface area contributed by atoms with Crippen molar-refractivity contribution in [2.45, 2.75) is 85.2 Å². The molecule has 0 spiro atoms. The summed E-state index contributed by atoms with van der Waals surface area (Å²) in [6.07, 6.45) is 11.7. The first kappa shape index (κ1) is 18.3. The largest absolute Gasteiger partial charge is 0.463 e. The Balaban J connectivity index is 1.59. The highest BCUT2D eigenvalue weighted by Crippen LogP contribution is 2.65. The van der Waals surface area contributed by atoms with Crippen molar-refractivity contribution in [1.82, 2.24) is 0 Å². The Morgan fingerprint density at radius 3 is 2.54 bits per heavy atom. The van der Waals surface area contributed by atoms with E-state index in [1.807, 2.05) is 0 Å². The number of hydrogen-bond donors (Lipinski definition) is 0. The monoisotopic (exact) mass is 358 g/mol. The average molecular weight is 359 g/mol. The maximum absolute atomic E-state index is 12.2. The molecule has 0 radical (unpaired) electrons. The second-order valence-corrected chi connectivity index (χ2v) is 10.0. The molecule has 3 nitrogen and oxygen atoms in total. The van der Waals surface area contributed by atoms with Crippen molar-refractivity contribution in [2.24, 2.45) is 34.5 Å². The minimum Gasteiger partial charge on any atom is -0.463 e. The van der Waals surface area contributed by atoms with E-state index in [9.17, 15) is 9.59 Å². The molecule has 0 aromatic carbocycles. The summed E-state index contributed by atoms with van der Waals surface area (Å²) < 4.78 is 5.55. The van der Waals surface area contributed by atoms with E-state index < -0.39 is 0 Å². The zero-order valence-electron chi connectivity index (χ0n) is 16.8. The van der Waals surface area contributed by atoms with Gasteiger partial charge in [0, 0.05) is 12.8 Å². The van der Waals surface area contributed by atoms with Gasteiger partial charge in [0.15, 0.2) is 0 Å².